The Labute approximate surface area is 82.0 Å². The van der Waals surface area contributed by atoms with Crippen molar-refractivity contribution in [3.05, 3.63) is 11.9 Å². The van der Waals surface area contributed by atoms with Crippen LogP contribution in [0.5, 0.6) is 0 Å². The van der Waals surface area contributed by atoms with Crippen LogP contribution < -0.4 is 5.73 Å². The Hall–Kier alpha value is -1.43. The Bertz CT molecular complexity index is 310. The van der Waals surface area contributed by atoms with E-state index in [4.69, 9.17) is 5.73 Å². The lowest BCUT2D eigenvalue weighted by Gasteiger charge is -2.12. The van der Waals surface area contributed by atoms with Gasteiger partial charge in [-0.1, -0.05) is 5.21 Å². The van der Waals surface area contributed by atoms with E-state index in [1.54, 1.807) is 17.9 Å². The molecule has 1 aromatic rings. The van der Waals surface area contributed by atoms with Gasteiger partial charge in [0.2, 0.25) is 0 Å². The monoisotopic (exact) mass is 198 g/mol. The van der Waals surface area contributed by atoms with E-state index in [2.05, 4.69) is 15.0 Å². The molecule has 78 valence electrons. The standard InChI is InChI=1S/C8H14N4O2/c1-12-7(5-10-11-12)6(4-9)3-8(13)14-2/h5-6H,3-4,9H2,1-2H3. The predicted molar refractivity (Wildman–Crippen MR) is 49.4 cm³/mol. The van der Waals surface area contributed by atoms with Gasteiger partial charge in [0, 0.05) is 19.5 Å². The van der Waals surface area contributed by atoms with Crippen molar-refractivity contribution in [1.29, 1.82) is 0 Å². The predicted octanol–water partition coefficient (Wildman–Crippen LogP) is -0.579. The number of esters is 1. The number of ether oxygens (including phenoxy) is 1. The fraction of sp³-hybridized carbons (Fsp3) is 0.625. The molecule has 1 aromatic heterocycles. The van der Waals surface area contributed by atoms with Crippen molar-refractivity contribution in [2.45, 2.75) is 12.3 Å². The number of hydrogen-bond donors (Lipinski definition) is 1. The van der Waals surface area contributed by atoms with Gasteiger partial charge in [0.05, 0.1) is 25.4 Å². The average molecular weight is 198 g/mol. The van der Waals surface area contributed by atoms with Crippen LogP contribution in [0.25, 0.3) is 0 Å². The Balaban J connectivity index is 2.72. The number of hydrogen-bond acceptors (Lipinski definition) is 5. The van der Waals surface area contributed by atoms with Gasteiger partial charge >= 0.3 is 5.97 Å². The summed E-state index contributed by atoms with van der Waals surface area (Å²) in [6.07, 6.45) is 1.87. The van der Waals surface area contributed by atoms with Crippen LogP contribution in [0.15, 0.2) is 6.20 Å². The lowest BCUT2D eigenvalue weighted by atomic mass is 10.0. The minimum absolute atomic E-state index is 0.0811. The highest BCUT2D eigenvalue weighted by Gasteiger charge is 2.18. The van der Waals surface area contributed by atoms with Crippen LogP contribution in [-0.2, 0) is 16.6 Å². The van der Waals surface area contributed by atoms with Crippen molar-refractivity contribution in [3.63, 3.8) is 0 Å². The Kier molecular flexibility index (Phi) is 3.58. The molecule has 0 radical (unpaired) electrons. The molecule has 6 heteroatoms. The number of carbonyl (C=O) groups excluding carboxylic acids is 1. The molecule has 1 unspecified atom stereocenters. The van der Waals surface area contributed by atoms with E-state index < -0.39 is 0 Å². The molecule has 14 heavy (non-hydrogen) atoms. The maximum Gasteiger partial charge on any atom is 0.306 e. The minimum Gasteiger partial charge on any atom is -0.469 e. The summed E-state index contributed by atoms with van der Waals surface area (Å²) in [5, 5.41) is 7.51. The van der Waals surface area contributed by atoms with Crippen LogP contribution in [0.1, 0.15) is 18.0 Å². The summed E-state index contributed by atoms with van der Waals surface area (Å²) >= 11 is 0. The summed E-state index contributed by atoms with van der Waals surface area (Å²) in [6, 6.07) is 0. The third kappa shape index (κ3) is 2.29. The van der Waals surface area contributed by atoms with Gasteiger partial charge in [-0.05, 0) is 0 Å². The zero-order chi connectivity index (χ0) is 10.6. The van der Waals surface area contributed by atoms with Crippen LogP contribution in [0, 0.1) is 0 Å². The van der Waals surface area contributed by atoms with E-state index in [-0.39, 0.29) is 18.3 Å². The first-order valence-corrected chi connectivity index (χ1v) is 4.30. The van der Waals surface area contributed by atoms with Gasteiger partial charge in [-0.3, -0.25) is 9.48 Å². The Morgan fingerprint density at radius 2 is 2.50 bits per heavy atom. The molecule has 1 heterocycles. The first-order chi connectivity index (χ1) is 6.69. The Morgan fingerprint density at radius 1 is 1.79 bits per heavy atom. The van der Waals surface area contributed by atoms with E-state index in [9.17, 15) is 4.79 Å². The fourth-order valence-electron chi connectivity index (χ4n) is 1.26. The number of aromatic nitrogens is 3. The van der Waals surface area contributed by atoms with E-state index in [0.717, 1.165) is 5.69 Å². The summed E-state index contributed by atoms with van der Waals surface area (Å²) in [6.45, 7) is 0.371. The molecular formula is C8H14N4O2. The smallest absolute Gasteiger partial charge is 0.306 e. The zero-order valence-corrected chi connectivity index (χ0v) is 8.30. The molecule has 0 amide bonds. The third-order valence-electron chi connectivity index (χ3n) is 2.09. The number of nitrogens with zero attached hydrogens (tertiary/aromatic N) is 3. The summed E-state index contributed by atoms with van der Waals surface area (Å²) in [4.78, 5) is 11.1. The van der Waals surface area contributed by atoms with E-state index in [1.165, 1.54) is 7.11 Å². The highest BCUT2D eigenvalue weighted by atomic mass is 16.5. The highest BCUT2D eigenvalue weighted by molar-refractivity contribution is 5.70. The summed E-state index contributed by atoms with van der Waals surface area (Å²) in [5.74, 6) is -0.357. The van der Waals surface area contributed by atoms with Crippen molar-refractivity contribution >= 4 is 5.97 Å². The maximum atomic E-state index is 11.1. The van der Waals surface area contributed by atoms with Crippen LogP contribution in [0.4, 0.5) is 0 Å². The first-order valence-electron chi connectivity index (χ1n) is 4.30. The van der Waals surface area contributed by atoms with Crippen molar-refractivity contribution in [3.8, 4) is 0 Å². The maximum absolute atomic E-state index is 11.1. The number of aryl methyl sites for hydroxylation is 1. The fourth-order valence-corrected chi connectivity index (χ4v) is 1.26. The number of rotatable bonds is 4. The lowest BCUT2D eigenvalue weighted by molar-refractivity contribution is -0.141. The molecule has 0 fully saturated rings. The van der Waals surface area contributed by atoms with E-state index in [1.807, 2.05) is 0 Å². The first kappa shape index (κ1) is 10.6. The normalized spacial score (nSPS) is 12.5. The third-order valence-corrected chi connectivity index (χ3v) is 2.09. The number of nitrogens with two attached hydrogens (primary N) is 1. The largest absolute Gasteiger partial charge is 0.469 e. The van der Waals surface area contributed by atoms with E-state index in [0.29, 0.717) is 6.54 Å². The van der Waals surface area contributed by atoms with Gasteiger partial charge in [-0.25, -0.2) is 0 Å². The molecule has 0 aliphatic heterocycles. The summed E-state index contributed by atoms with van der Waals surface area (Å²) < 4.78 is 6.19. The number of carbonyl (C=O) groups is 1. The highest BCUT2D eigenvalue weighted by Crippen LogP contribution is 2.16. The van der Waals surface area contributed by atoms with E-state index >= 15 is 0 Å². The van der Waals surface area contributed by atoms with Crippen LogP contribution in [0.3, 0.4) is 0 Å². The molecule has 0 aliphatic rings. The molecule has 0 saturated heterocycles. The van der Waals surface area contributed by atoms with Gasteiger partial charge in [0.1, 0.15) is 0 Å². The second-order valence-corrected chi connectivity index (χ2v) is 3.00. The van der Waals surface area contributed by atoms with Crippen LogP contribution in [-0.4, -0.2) is 34.6 Å². The average Bonchev–Trinajstić information content (AvgIpc) is 2.60. The summed E-state index contributed by atoms with van der Waals surface area (Å²) in [5.41, 5.74) is 6.40. The van der Waals surface area contributed by atoms with Crippen molar-refractivity contribution in [2.75, 3.05) is 13.7 Å². The molecule has 1 atom stereocenters. The minimum atomic E-state index is -0.276. The zero-order valence-electron chi connectivity index (χ0n) is 8.30. The molecular weight excluding hydrogens is 184 g/mol. The van der Waals surface area contributed by atoms with Gasteiger partial charge in [0.15, 0.2) is 0 Å². The van der Waals surface area contributed by atoms with Gasteiger partial charge in [-0.15, -0.1) is 5.10 Å². The molecule has 0 aromatic carbocycles. The molecule has 2 N–H and O–H groups in total. The molecule has 0 bridgehead atoms. The molecule has 1 rings (SSSR count). The topological polar surface area (TPSA) is 83.0 Å². The van der Waals surface area contributed by atoms with Crippen molar-refractivity contribution in [1.82, 2.24) is 15.0 Å². The van der Waals surface area contributed by atoms with Gasteiger partial charge < -0.3 is 10.5 Å². The summed E-state index contributed by atoms with van der Waals surface area (Å²) in [7, 11) is 3.12. The van der Waals surface area contributed by atoms with Gasteiger partial charge in [0.25, 0.3) is 0 Å². The molecule has 0 aliphatic carbocycles. The molecule has 6 nitrogen and oxygen atoms in total. The van der Waals surface area contributed by atoms with Crippen molar-refractivity contribution < 1.29 is 9.53 Å². The van der Waals surface area contributed by atoms with Crippen LogP contribution in [0.2, 0.25) is 0 Å². The van der Waals surface area contributed by atoms with Crippen LogP contribution >= 0.6 is 0 Å². The quantitative estimate of drug-likeness (QED) is 0.654. The van der Waals surface area contributed by atoms with Gasteiger partial charge in [-0.2, -0.15) is 0 Å². The Morgan fingerprint density at radius 3 is 2.93 bits per heavy atom. The molecule has 0 spiro atoms. The SMILES string of the molecule is COC(=O)CC(CN)c1cnnn1C. The second-order valence-electron chi connectivity index (χ2n) is 3.00. The number of methoxy groups -OCH3 is 1. The molecule has 0 saturated carbocycles. The lowest BCUT2D eigenvalue weighted by Crippen LogP contribution is -2.19. The second kappa shape index (κ2) is 4.71. The van der Waals surface area contributed by atoms with Crippen molar-refractivity contribution in [2.24, 2.45) is 12.8 Å².